The van der Waals surface area contributed by atoms with Crippen LogP contribution in [0.15, 0.2) is 36.4 Å². The smallest absolute Gasteiger partial charge is 0.182 e. The van der Waals surface area contributed by atoms with Gasteiger partial charge in [0.15, 0.2) is 4.77 Å². The lowest BCUT2D eigenvalue weighted by Crippen LogP contribution is -1.98. The third kappa shape index (κ3) is 2.08. The van der Waals surface area contributed by atoms with Crippen molar-refractivity contribution < 1.29 is 0 Å². The summed E-state index contributed by atoms with van der Waals surface area (Å²) in [7, 11) is 0. The third-order valence-corrected chi connectivity index (χ3v) is 3.88. The molecular formula is C14H10Cl2N2S. The molecule has 96 valence electrons. The lowest BCUT2D eigenvalue weighted by Gasteiger charge is -2.10. The molecule has 0 aliphatic carbocycles. The summed E-state index contributed by atoms with van der Waals surface area (Å²) in [5.74, 6) is 0. The van der Waals surface area contributed by atoms with E-state index in [9.17, 15) is 0 Å². The van der Waals surface area contributed by atoms with Crippen LogP contribution in [0.4, 0.5) is 0 Å². The topological polar surface area (TPSA) is 20.7 Å². The molecule has 0 aliphatic heterocycles. The Bertz CT molecular complexity index is 813. The summed E-state index contributed by atoms with van der Waals surface area (Å²) < 4.78 is 2.53. The number of nitrogens with zero attached hydrogens (tertiary/aromatic N) is 1. The lowest BCUT2D eigenvalue weighted by molar-refractivity contribution is 1.05. The maximum atomic E-state index is 6.32. The minimum absolute atomic E-state index is 0.605. The Hall–Kier alpha value is -1.29. The number of aromatic nitrogens is 2. The first kappa shape index (κ1) is 12.7. The molecule has 0 saturated carbocycles. The first-order valence-electron chi connectivity index (χ1n) is 5.73. The fraction of sp³-hybridized carbons (Fsp3) is 0.0714. The fourth-order valence-electron chi connectivity index (χ4n) is 2.20. The fourth-order valence-corrected chi connectivity index (χ4v) is 2.98. The molecule has 2 nitrogen and oxygen atoms in total. The van der Waals surface area contributed by atoms with Gasteiger partial charge in [-0.2, -0.15) is 0 Å². The van der Waals surface area contributed by atoms with Gasteiger partial charge in [-0.1, -0.05) is 35.3 Å². The molecule has 0 bridgehead atoms. The first-order chi connectivity index (χ1) is 9.08. The molecular weight excluding hydrogens is 299 g/mol. The Kier molecular flexibility index (Phi) is 3.13. The number of nitrogens with one attached hydrogen (secondary N) is 1. The monoisotopic (exact) mass is 308 g/mol. The molecule has 0 fully saturated rings. The van der Waals surface area contributed by atoms with Crippen LogP contribution < -0.4 is 0 Å². The lowest BCUT2D eigenvalue weighted by atomic mass is 10.2. The number of imidazole rings is 1. The Morgan fingerprint density at radius 3 is 2.68 bits per heavy atom. The SMILES string of the molecule is Cc1cccc(Cl)c1-n1c(=S)[nH]c2ccc(Cl)cc21. The van der Waals surface area contributed by atoms with E-state index in [1.54, 1.807) is 0 Å². The van der Waals surface area contributed by atoms with E-state index >= 15 is 0 Å². The minimum atomic E-state index is 0.605. The predicted octanol–water partition coefficient (Wildman–Crippen LogP) is 5.30. The van der Waals surface area contributed by atoms with Crippen LogP contribution in [0.2, 0.25) is 10.0 Å². The average molecular weight is 309 g/mol. The number of fused-ring (bicyclic) bond motifs is 1. The zero-order chi connectivity index (χ0) is 13.6. The second kappa shape index (κ2) is 4.67. The van der Waals surface area contributed by atoms with Crippen molar-refractivity contribution in [3.8, 4) is 5.69 Å². The second-order valence-electron chi connectivity index (χ2n) is 4.33. The van der Waals surface area contributed by atoms with Crippen LogP contribution in [0.1, 0.15) is 5.56 Å². The molecule has 0 unspecified atom stereocenters. The maximum Gasteiger partial charge on any atom is 0.182 e. The second-order valence-corrected chi connectivity index (χ2v) is 5.56. The van der Waals surface area contributed by atoms with E-state index in [1.165, 1.54) is 0 Å². The van der Waals surface area contributed by atoms with Crippen molar-refractivity contribution in [1.82, 2.24) is 9.55 Å². The Labute approximate surface area is 125 Å². The molecule has 0 spiro atoms. The van der Waals surface area contributed by atoms with Crippen LogP contribution in [0, 0.1) is 11.7 Å². The van der Waals surface area contributed by atoms with Gasteiger partial charge < -0.3 is 4.98 Å². The number of para-hydroxylation sites is 1. The normalized spacial score (nSPS) is 11.1. The predicted molar refractivity (Wildman–Crippen MR) is 83.2 cm³/mol. The van der Waals surface area contributed by atoms with Crippen LogP contribution in [-0.4, -0.2) is 9.55 Å². The highest BCUT2D eigenvalue weighted by molar-refractivity contribution is 7.71. The number of H-pyrrole nitrogens is 1. The standard InChI is InChI=1S/C14H10Cl2N2S/c1-8-3-2-4-10(16)13(8)18-12-7-9(15)5-6-11(12)17-14(18)19/h2-7H,1H3,(H,17,19). The molecule has 0 aliphatic rings. The Balaban J connectivity index is 2.46. The molecule has 0 atom stereocenters. The summed E-state index contributed by atoms with van der Waals surface area (Å²) in [5, 5.41) is 1.33. The zero-order valence-electron chi connectivity index (χ0n) is 10.1. The first-order valence-corrected chi connectivity index (χ1v) is 6.90. The molecule has 3 aromatic rings. The van der Waals surface area contributed by atoms with Crippen LogP contribution in [-0.2, 0) is 0 Å². The molecule has 2 aromatic carbocycles. The molecule has 1 heterocycles. The van der Waals surface area contributed by atoms with Crippen molar-refractivity contribution >= 4 is 46.5 Å². The third-order valence-electron chi connectivity index (χ3n) is 3.06. The van der Waals surface area contributed by atoms with Gasteiger partial charge in [-0.3, -0.25) is 4.57 Å². The summed E-state index contributed by atoms with van der Waals surface area (Å²) in [5.41, 5.74) is 3.81. The number of aryl methyl sites for hydroxylation is 1. The van der Waals surface area contributed by atoms with Gasteiger partial charge in [-0.05, 0) is 49.0 Å². The Morgan fingerprint density at radius 1 is 1.16 bits per heavy atom. The van der Waals surface area contributed by atoms with Gasteiger partial charge in [0, 0.05) is 5.02 Å². The summed E-state index contributed by atoms with van der Waals surface area (Å²) in [6, 6.07) is 11.4. The van der Waals surface area contributed by atoms with E-state index in [0.29, 0.717) is 14.8 Å². The van der Waals surface area contributed by atoms with Gasteiger partial charge in [0.25, 0.3) is 0 Å². The van der Waals surface area contributed by atoms with Crippen LogP contribution in [0.5, 0.6) is 0 Å². The van der Waals surface area contributed by atoms with Crippen molar-refractivity contribution in [3.05, 3.63) is 56.8 Å². The van der Waals surface area contributed by atoms with E-state index in [4.69, 9.17) is 35.4 Å². The van der Waals surface area contributed by atoms with Gasteiger partial charge in [0.2, 0.25) is 0 Å². The average Bonchev–Trinajstić information content (AvgIpc) is 2.66. The number of hydrogen-bond donors (Lipinski definition) is 1. The molecule has 3 rings (SSSR count). The van der Waals surface area contributed by atoms with Crippen molar-refractivity contribution in [3.63, 3.8) is 0 Å². The van der Waals surface area contributed by atoms with E-state index < -0.39 is 0 Å². The number of hydrogen-bond acceptors (Lipinski definition) is 1. The zero-order valence-corrected chi connectivity index (χ0v) is 12.4. The molecule has 5 heteroatoms. The van der Waals surface area contributed by atoms with Gasteiger partial charge in [0.05, 0.1) is 21.7 Å². The van der Waals surface area contributed by atoms with Crippen molar-refractivity contribution in [2.45, 2.75) is 6.92 Å². The quantitative estimate of drug-likeness (QED) is 0.605. The number of halogens is 2. The van der Waals surface area contributed by atoms with Crippen molar-refractivity contribution in [2.75, 3.05) is 0 Å². The molecule has 0 radical (unpaired) electrons. The van der Waals surface area contributed by atoms with Gasteiger partial charge in [0.1, 0.15) is 0 Å². The minimum Gasteiger partial charge on any atom is -0.330 e. The highest BCUT2D eigenvalue weighted by atomic mass is 35.5. The number of aromatic amines is 1. The van der Waals surface area contributed by atoms with E-state index in [-0.39, 0.29) is 0 Å². The van der Waals surface area contributed by atoms with Crippen molar-refractivity contribution in [2.24, 2.45) is 0 Å². The highest BCUT2D eigenvalue weighted by Gasteiger charge is 2.12. The summed E-state index contributed by atoms with van der Waals surface area (Å²) in [4.78, 5) is 3.17. The molecule has 0 amide bonds. The largest absolute Gasteiger partial charge is 0.330 e. The molecule has 1 N–H and O–H groups in total. The summed E-state index contributed by atoms with van der Waals surface area (Å²) in [6.45, 7) is 2.01. The van der Waals surface area contributed by atoms with Gasteiger partial charge in [-0.15, -0.1) is 0 Å². The van der Waals surface area contributed by atoms with Gasteiger partial charge >= 0.3 is 0 Å². The summed E-state index contributed by atoms with van der Waals surface area (Å²) >= 11 is 17.8. The van der Waals surface area contributed by atoms with E-state index in [2.05, 4.69) is 4.98 Å². The van der Waals surface area contributed by atoms with E-state index in [0.717, 1.165) is 22.3 Å². The summed E-state index contributed by atoms with van der Waals surface area (Å²) in [6.07, 6.45) is 0. The van der Waals surface area contributed by atoms with Crippen LogP contribution in [0.25, 0.3) is 16.7 Å². The van der Waals surface area contributed by atoms with E-state index in [1.807, 2.05) is 47.9 Å². The Morgan fingerprint density at radius 2 is 1.95 bits per heavy atom. The highest BCUT2D eigenvalue weighted by Crippen LogP contribution is 2.29. The van der Waals surface area contributed by atoms with Gasteiger partial charge in [-0.25, -0.2) is 0 Å². The van der Waals surface area contributed by atoms with Crippen LogP contribution >= 0.6 is 35.4 Å². The number of benzene rings is 2. The van der Waals surface area contributed by atoms with Crippen LogP contribution in [0.3, 0.4) is 0 Å². The molecule has 19 heavy (non-hydrogen) atoms. The molecule has 0 saturated heterocycles. The molecule has 1 aromatic heterocycles. The van der Waals surface area contributed by atoms with Crippen molar-refractivity contribution in [1.29, 1.82) is 0 Å². The maximum absolute atomic E-state index is 6.32. The number of rotatable bonds is 1.